The van der Waals surface area contributed by atoms with Crippen molar-refractivity contribution in [3.8, 4) is 0 Å². The predicted octanol–water partition coefficient (Wildman–Crippen LogP) is 0.507. The van der Waals surface area contributed by atoms with Gasteiger partial charge in [0.25, 0.3) is 0 Å². The molecule has 8 heteroatoms. The zero-order chi connectivity index (χ0) is 15.3. The van der Waals surface area contributed by atoms with Gasteiger partial charge in [-0.15, -0.1) is 0 Å². The van der Waals surface area contributed by atoms with E-state index in [9.17, 15) is 12.6 Å². The highest BCUT2D eigenvalue weighted by Gasteiger charge is 2.17. The summed E-state index contributed by atoms with van der Waals surface area (Å²) in [6, 6.07) is 6.85. The number of nitrogens with two attached hydrogens (primary N) is 1. The molecule has 5 nitrogen and oxygen atoms in total. The summed E-state index contributed by atoms with van der Waals surface area (Å²) in [5, 5.41) is -0.240. The van der Waals surface area contributed by atoms with Crippen molar-refractivity contribution in [3.05, 3.63) is 35.4 Å². The first-order chi connectivity index (χ1) is 9.23. The van der Waals surface area contributed by atoms with Gasteiger partial charge in [-0.25, -0.2) is 13.1 Å². The molecule has 3 N–H and O–H groups in total. The van der Waals surface area contributed by atoms with Crippen LogP contribution >= 0.6 is 12.2 Å². The van der Waals surface area contributed by atoms with E-state index in [1.165, 1.54) is 0 Å². The number of benzene rings is 1. The molecule has 1 rings (SSSR count). The minimum absolute atomic E-state index is 0.140. The van der Waals surface area contributed by atoms with E-state index in [-0.39, 0.29) is 22.5 Å². The minimum atomic E-state index is -3.52. The summed E-state index contributed by atoms with van der Waals surface area (Å²) in [5.41, 5.74) is 6.68. The van der Waals surface area contributed by atoms with Gasteiger partial charge < -0.3 is 5.73 Å². The average Bonchev–Trinajstić information content (AvgIpc) is 2.35. The van der Waals surface area contributed by atoms with Gasteiger partial charge in [-0.1, -0.05) is 36.5 Å². The van der Waals surface area contributed by atoms with Gasteiger partial charge in [-0.2, -0.15) is 0 Å². The first kappa shape index (κ1) is 17.2. The molecule has 0 heterocycles. The van der Waals surface area contributed by atoms with E-state index in [4.69, 9.17) is 18.0 Å². The van der Waals surface area contributed by atoms with E-state index in [1.54, 1.807) is 37.4 Å². The van der Waals surface area contributed by atoms with Gasteiger partial charge >= 0.3 is 0 Å². The van der Waals surface area contributed by atoms with Crippen LogP contribution in [0.15, 0.2) is 24.3 Å². The summed E-state index contributed by atoms with van der Waals surface area (Å²) in [4.78, 5) is 0.166. The molecule has 1 aromatic rings. The minimum Gasteiger partial charge on any atom is -0.389 e. The summed E-state index contributed by atoms with van der Waals surface area (Å²) in [7, 11) is -4.59. The lowest BCUT2D eigenvalue weighted by molar-refractivity contribution is 0.580. The number of hydrogen-bond donors (Lipinski definition) is 2. The molecule has 112 valence electrons. The van der Waals surface area contributed by atoms with E-state index in [0.29, 0.717) is 11.1 Å². The molecule has 0 aliphatic rings. The fourth-order valence-electron chi connectivity index (χ4n) is 1.50. The Kier molecular flexibility index (Phi) is 6.25. The van der Waals surface area contributed by atoms with E-state index in [1.807, 2.05) is 0 Å². The second-order valence-electron chi connectivity index (χ2n) is 4.44. The summed E-state index contributed by atoms with van der Waals surface area (Å²) < 4.78 is 37.7. The number of nitrogens with one attached hydrogen (secondary N) is 1. The lowest BCUT2D eigenvalue weighted by atomic mass is 10.1. The van der Waals surface area contributed by atoms with E-state index >= 15 is 0 Å². The highest BCUT2D eigenvalue weighted by Crippen LogP contribution is 2.12. The molecular weight excluding hydrogens is 316 g/mol. The van der Waals surface area contributed by atoms with E-state index in [0.717, 1.165) is 0 Å². The van der Waals surface area contributed by atoms with Crippen molar-refractivity contribution in [2.24, 2.45) is 5.73 Å². The molecule has 2 atom stereocenters. The predicted molar refractivity (Wildman–Crippen MR) is 86.5 cm³/mol. The smallest absolute Gasteiger partial charge is 0.215 e. The Bertz CT molecular complexity index is 614. The van der Waals surface area contributed by atoms with Gasteiger partial charge in [0, 0.05) is 34.4 Å². The molecule has 0 spiro atoms. The highest BCUT2D eigenvalue weighted by molar-refractivity contribution is 7.88. The standard InChI is InChI=1S/C12H18N2O3S3/c1-9(19(2)15)7-14-20(16,17)8-10-5-3-4-6-11(10)12(13)18/h3-6,9,14H,7-8H2,1-2H3,(H2,13,18). The number of thiocarbonyl (C=S) groups is 1. The first-order valence-electron chi connectivity index (χ1n) is 5.90. The van der Waals surface area contributed by atoms with Crippen LogP contribution in [0, 0.1) is 0 Å². The molecule has 0 aliphatic heterocycles. The van der Waals surface area contributed by atoms with Crippen LogP contribution in [0.2, 0.25) is 0 Å². The highest BCUT2D eigenvalue weighted by atomic mass is 32.2. The SMILES string of the molecule is CC(CNS(=O)(=O)Cc1ccccc1C(N)=S)S(C)=O. The molecule has 0 saturated carbocycles. The van der Waals surface area contributed by atoms with Crippen molar-refractivity contribution >= 4 is 38.0 Å². The Labute approximate surface area is 127 Å². The monoisotopic (exact) mass is 334 g/mol. The second kappa shape index (κ2) is 7.26. The summed E-state index contributed by atoms with van der Waals surface area (Å²) in [5.74, 6) is -0.205. The molecule has 0 radical (unpaired) electrons. The van der Waals surface area contributed by atoms with Crippen LogP contribution in [0.5, 0.6) is 0 Å². The van der Waals surface area contributed by atoms with Gasteiger partial charge in [0.2, 0.25) is 10.0 Å². The van der Waals surface area contributed by atoms with Crippen LogP contribution in [0.25, 0.3) is 0 Å². The van der Waals surface area contributed by atoms with Crippen molar-refractivity contribution in [3.63, 3.8) is 0 Å². The van der Waals surface area contributed by atoms with Gasteiger partial charge in [-0.05, 0) is 12.5 Å². The molecule has 0 aliphatic carbocycles. The van der Waals surface area contributed by atoms with Gasteiger partial charge in [-0.3, -0.25) is 4.21 Å². The largest absolute Gasteiger partial charge is 0.389 e. The molecule has 0 bridgehead atoms. The molecular formula is C12H18N2O3S3. The molecule has 1 aromatic carbocycles. The molecule has 0 saturated heterocycles. The lowest BCUT2D eigenvalue weighted by Crippen LogP contribution is -2.33. The molecule has 0 aromatic heterocycles. The van der Waals surface area contributed by atoms with Gasteiger partial charge in [0.05, 0.1) is 5.75 Å². The fraction of sp³-hybridized carbons (Fsp3) is 0.417. The zero-order valence-corrected chi connectivity index (χ0v) is 13.8. The number of sulfonamides is 1. The molecule has 0 amide bonds. The summed E-state index contributed by atoms with van der Waals surface area (Å²) >= 11 is 4.90. The van der Waals surface area contributed by atoms with Crippen molar-refractivity contribution in [2.75, 3.05) is 12.8 Å². The summed E-state index contributed by atoms with van der Waals surface area (Å²) in [6.45, 7) is 1.86. The van der Waals surface area contributed by atoms with Crippen molar-refractivity contribution in [1.29, 1.82) is 0 Å². The third-order valence-corrected chi connectivity index (χ3v) is 5.60. The van der Waals surface area contributed by atoms with E-state index < -0.39 is 20.8 Å². The maximum atomic E-state index is 12.0. The maximum absolute atomic E-state index is 12.0. The number of hydrogen-bond acceptors (Lipinski definition) is 4. The Morgan fingerprint density at radius 3 is 2.60 bits per heavy atom. The first-order valence-corrected chi connectivity index (χ1v) is 9.58. The van der Waals surface area contributed by atoms with Crippen LogP contribution < -0.4 is 10.5 Å². The van der Waals surface area contributed by atoms with Gasteiger partial charge in [0.15, 0.2) is 0 Å². The third kappa shape index (κ3) is 5.28. The van der Waals surface area contributed by atoms with Crippen molar-refractivity contribution < 1.29 is 12.6 Å². The van der Waals surface area contributed by atoms with E-state index in [2.05, 4.69) is 4.72 Å². The van der Waals surface area contributed by atoms with Crippen molar-refractivity contribution in [1.82, 2.24) is 4.72 Å². The Morgan fingerprint density at radius 1 is 1.45 bits per heavy atom. The second-order valence-corrected chi connectivity index (χ2v) is 8.49. The Hall–Kier alpha value is -0.830. The Morgan fingerprint density at radius 2 is 2.05 bits per heavy atom. The maximum Gasteiger partial charge on any atom is 0.215 e. The topological polar surface area (TPSA) is 89.3 Å². The van der Waals surface area contributed by atoms with Crippen LogP contribution in [0.4, 0.5) is 0 Å². The zero-order valence-electron chi connectivity index (χ0n) is 11.3. The normalized spacial score (nSPS) is 14.7. The van der Waals surface area contributed by atoms with Crippen molar-refractivity contribution in [2.45, 2.75) is 17.9 Å². The fourth-order valence-corrected chi connectivity index (χ4v) is 3.39. The Balaban J connectivity index is 2.82. The van der Waals surface area contributed by atoms with Crippen LogP contribution in [0.3, 0.4) is 0 Å². The third-order valence-electron chi connectivity index (χ3n) is 2.79. The summed E-state index contributed by atoms with van der Waals surface area (Å²) in [6.07, 6.45) is 1.54. The average molecular weight is 334 g/mol. The lowest BCUT2D eigenvalue weighted by Gasteiger charge is -2.12. The number of rotatable bonds is 7. The van der Waals surface area contributed by atoms with Crippen LogP contribution in [-0.4, -0.2) is 35.7 Å². The molecule has 2 unspecified atom stereocenters. The molecule has 0 fully saturated rings. The van der Waals surface area contributed by atoms with Crippen LogP contribution in [-0.2, 0) is 26.6 Å². The van der Waals surface area contributed by atoms with Crippen LogP contribution in [0.1, 0.15) is 18.1 Å². The molecule has 20 heavy (non-hydrogen) atoms. The van der Waals surface area contributed by atoms with Gasteiger partial charge in [0.1, 0.15) is 4.99 Å². The quantitative estimate of drug-likeness (QED) is 0.709.